The molecule has 0 atom stereocenters. The first kappa shape index (κ1) is 23.4. The highest BCUT2D eigenvalue weighted by molar-refractivity contribution is 9.10. The lowest BCUT2D eigenvalue weighted by Gasteiger charge is -2.19. The first-order chi connectivity index (χ1) is 13.8. The van der Waals surface area contributed by atoms with Crippen molar-refractivity contribution in [3.05, 3.63) is 40.0 Å². The summed E-state index contributed by atoms with van der Waals surface area (Å²) in [7, 11) is 0. The number of aromatic nitrogens is 3. The molecule has 0 bridgehead atoms. The molecule has 2 heterocycles. The molecular formula is C19H18BrF3N4O3. The molecular weight excluding hydrogens is 469 g/mol. The van der Waals surface area contributed by atoms with Crippen LogP contribution in [0.15, 0.2) is 23.1 Å². The number of halogens is 4. The second kappa shape index (κ2) is 9.30. The first-order valence-corrected chi connectivity index (χ1v) is 9.32. The van der Waals surface area contributed by atoms with Crippen molar-refractivity contribution < 1.29 is 27.4 Å². The van der Waals surface area contributed by atoms with Gasteiger partial charge in [-0.3, -0.25) is 5.32 Å². The van der Waals surface area contributed by atoms with Gasteiger partial charge in [-0.25, -0.2) is 19.7 Å². The number of ether oxygens (including phenoxy) is 2. The van der Waals surface area contributed by atoms with Gasteiger partial charge in [0.25, 0.3) is 0 Å². The van der Waals surface area contributed by atoms with Gasteiger partial charge in [0.15, 0.2) is 6.61 Å². The van der Waals surface area contributed by atoms with Crippen LogP contribution in [0.4, 0.5) is 23.7 Å². The molecule has 0 unspecified atom stereocenters. The van der Waals surface area contributed by atoms with Crippen LogP contribution in [-0.4, -0.2) is 39.4 Å². The SMILES string of the molecule is Cc1cc(NC(=O)OC(C)(C)C)cnc1C#Cc1ncnc(OCC(F)(F)F)c1Br. The summed E-state index contributed by atoms with van der Waals surface area (Å²) in [6.07, 6.45) is -2.65. The number of nitrogens with one attached hydrogen (secondary N) is 1. The van der Waals surface area contributed by atoms with Gasteiger partial charge in [0.2, 0.25) is 5.88 Å². The van der Waals surface area contributed by atoms with E-state index in [1.54, 1.807) is 33.8 Å². The molecule has 2 aromatic heterocycles. The zero-order chi connectivity index (χ0) is 22.5. The Kier molecular flexibility index (Phi) is 7.25. The molecule has 1 N–H and O–H groups in total. The zero-order valence-corrected chi connectivity index (χ0v) is 18.1. The van der Waals surface area contributed by atoms with Crippen LogP contribution in [0.2, 0.25) is 0 Å². The molecule has 0 aliphatic heterocycles. The minimum atomic E-state index is -4.49. The third kappa shape index (κ3) is 7.51. The van der Waals surface area contributed by atoms with Crippen LogP contribution in [0, 0.1) is 18.8 Å². The van der Waals surface area contributed by atoms with Crippen LogP contribution < -0.4 is 10.1 Å². The first-order valence-electron chi connectivity index (χ1n) is 8.53. The third-order valence-corrected chi connectivity index (χ3v) is 3.87. The van der Waals surface area contributed by atoms with Crippen molar-refractivity contribution in [2.45, 2.75) is 39.5 Å². The predicted molar refractivity (Wildman–Crippen MR) is 106 cm³/mol. The molecule has 160 valence electrons. The number of hydrogen-bond acceptors (Lipinski definition) is 6. The van der Waals surface area contributed by atoms with Crippen LogP contribution in [-0.2, 0) is 4.74 Å². The molecule has 0 aromatic carbocycles. The van der Waals surface area contributed by atoms with Gasteiger partial charge in [-0.1, -0.05) is 0 Å². The summed E-state index contributed by atoms with van der Waals surface area (Å²) >= 11 is 3.10. The monoisotopic (exact) mass is 486 g/mol. The normalized spacial score (nSPS) is 11.3. The number of hydrogen-bond donors (Lipinski definition) is 1. The number of carbonyl (C=O) groups is 1. The van der Waals surface area contributed by atoms with E-state index in [1.165, 1.54) is 6.20 Å². The second-order valence-corrected chi connectivity index (χ2v) is 7.80. The van der Waals surface area contributed by atoms with Crippen LogP contribution in [0.25, 0.3) is 0 Å². The Labute approximate surface area is 179 Å². The fourth-order valence-corrected chi connectivity index (χ4v) is 2.42. The third-order valence-electron chi connectivity index (χ3n) is 3.15. The van der Waals surface area contributed by atoms with E-state index in [1.807, 2.05) is 0 Å². The highest BCUT2D eigenvalue weighted by Crippen LogP contribution is 2.26. The van der Waals surface area contributed by atoms with Crippen molar-refractivity contribution in [2.24, 2.45) is 0 Å². The van der Waals surface area contributed by atoms with E-state index < -0.39 is 24.5 Å². The van der Waals surface area contributed by atoms with E-state index in [0.29, 0.717) is 16.9 Å². The maximum atomic E-state index is 12.3. The summed E-state index contributed by atoms with van der Waals surface area (Å²) in [6, 6.07) is 1.66. The van der Waals surface area contributed by atoms with Crippen LogP contribution in [0.1, 0.15) is 37.7 Å². The van der Waals surface area contributed by atoms with E-state index in [0.717, 1.165) is 6.33 Å². The minimum Gasteiger partial charge on any atom is -0.467 e. The second-order valence-electron chi connectivity index (χ2n) is 7.01. The molecule has 0 saturated heterocycles. The summed E-state index contributed by atoms with van der Waals surface area (Å²) in [6.45, 7) is 5.51. The quantitative estimate of drug-likeness (QED) is 0.636. The van der Waals surface area contributed by atoms with Crippen molar-refractivity contribution in [1.82, 2.24) is 15.0 Å². The van der Waals surface area contributed by atoms with Crippen LogP contribution in [0.5, 0.6) is 5.88 Å². The van der Waals surface area contributed by atoms with Crippen molar-refractivity contribution in [3.8, 4) is 17.7 Å². The van der Waals surface area contributed by atoms with Crippen molar-refractivity contribution >= 4 is 27.7 Å². The number of anilines is 1. The zero-order valence-electron chi connectivity index (χ0n) is 16.5. The highest BCUT2D eigenvalue weighted by Gasteiger charge is 2.29. The highest BCUT2D eigenvalue weighted by atomic mass is 79.9. The number of rotatable bonds is 3. The van der Waals surface area contributed by atoms with Gasteiger partial charge in [0.1, 0.15) is 27.8 Å². The lowest BCUT2D eigenvalue weighted by Crippen LogP contribution is -2.27. The van der Waals surface area contributed by atoms with Crippen molar-refractivity contribution in [1.29, 1.82) is 0 Å². The van der Waals surface area contributed by atoms with Crippen molar-refractivity contribution in [3.63, 3.8) is 0 Å². The molecule has 2 rings (SSSR count). The molecule has 7 nitrogen and oxygen atoms in total. The molecule has 0 aliphatic rings. The van der Waals surface area contributed by atoms with E-state index in [4.69, 9.17) is 4.74 Å². The molecule has 11 heteroatoms. The van der Waals surface area contributed by atoms with Gasteiger partial charge in [-0.2, -0.15) is 13.2 Å². The van der Waals surface area contributed by atoms with Gasteiger partial charge in [0, 0.05) is 0 Å². The van der Waals surface area contributed by atoms with E-state index in [9.17, 15) is 18.0 Å². The molecule has 0 fully saturated rings. The Morgan fingerprint density at radius 1 is 1.17 bits per heavy atom. The molecule has 0 spiro atoms. The van der Waals surface area contributed by atoms with E-state index in [2.05, 4.69) is 52.8 Å². The Morgan fingerprint density at radius 2 is 1.83 bits per heavy atom. The molecule has 0 aliphatic carbocycles. The summed E-state index contributed by atoms with van der Waals surface area (Å²) < 4.78 is 46.9. The van der Waals surface area contributed by atoms with Gasteiger partial charge < -0.3 is 9.47 Å². The smallest absolute Gasteiger partial charge is 0.422 e. The van der Waals surface area contributed by atoms with E-state index >= 15 is 0 Å². The fraction of sp³-hybridized carbons (Fsp3) is 0.368. The molecule has 30 heavy (non-hydrogen) atoms. The topological polar surface area (TPSA) is 86.2 Å². The standard InChI is InChI=1S/C19H18BrF3N4O3/c1-11-7-12(27-17(28)30-18(2,3)4)8-24-13(11)5-6-14-15(20)16(26-10-25-14)29-9-19(21,22)23/h7-8,10H,9H2,1-4H3,(H,27,28). The average Bonchev–Trinajstić information content (AvgIpc) is 2.58. The number of aryl methyl sites for hydroxylation is 1. The van der Waals surface area contributed by atoms with E-state index in [-0.39, 0.29) is 16.0 Å². The minimum absolute atomic E-state index is 0.0996. The number of amides is 1. The lowest BCUT2D eigenvalue weighted by molar-refractivity contribution is -0.154. The number of nitrogens with zero attached hydrogens (tertiary/aromatic N) is 3. The number of alkyl halides is 3. The molecule has 0 saturated carbocycles. The lowest BCUT2D eigenvalue weighted by atomic mass is 10.2. The average molecular weight is 487 g/mol. The van der Waals surface area contributed by atoms with Crippen LogP contribution in [0.3, 0.4) is 0 Å². The molecule has 1 amide bonds. The molecule has 0 radical (unpaired) electrons. The Morgan fingerprint density at radius 3 is 2.43 bits per heavy atom. The summed E-state index contributed by atoms with van der Waals surface area (Å²) in [5, 5.41) is 2.57. The number of carbonyl (C=O) groups excluding carboxylic acids is 1. The van der Waals surface area contributed by atoms with Gasteiger partial charge in [-0.05, 0) is 67.1 Å². The van der Waals surface area contributed by atoms with Gasteiger partial charge >= 0.3 is 12.3 Å². The largest absolute Gasteiger partial charge is 0.467 e. The maximum Gasteiger partial charge on any atom is 0.422 e. The summed E-state index contributed by atoms with van der Waals surface area (Å²) in [5.41, 5.74) is 0.992. The Hall–Kier alpha value is -2.87. The number of pyridine rings is 1. The van der Waals surface area contributed by atoms with Gasteiger partial charge in [0.05, 0.1) is 11.9 Å². The Bertz CT molecular complexity index is 995. The summed E-state index contributed by atoms with van der Waals surface area (Å²) in [5.74, 6) is 5.23. The molecule has 2 aromatic rings. The van der Waals surface area contributed by atoms with Crippen molar-refractivity contribution in [2.75, 3.05) is 11.9 Å². The predicted octanol–water partition coefficient (Wildman–Crippen LogP) is 4.63. The Balaban J connectivity index is 2.16. The maximum absolute atomic E-state index is 12.3. The summed E-state index contributed by atoms with van der Waals surface area (Å²) in [4.78, 5) is 23.6. The fourth-order valence-electron chi connectivity index (χ4n) is 2.01. The van der Waals surface area contributed by atoms with Gasteiger partial charge in [-0.15, -0.1) is 0 Å². The van der Waals surface area contributed by atoms with Crippen LogP contribution >= 0.6 is 15.9 Å².